The third-order valence-electron chi connectivity index (χ3n) is 3.41. The van der Waals surface area contributed by atoms with E-state index in [1.807, 2.05) is 6.92 Å². The second-order valence-corrected chi connectivity index (χ2v) is 4.27. The first-order chi connectivity index (χ1) is 6.57. The molecule has 1 aliphatic rings. The van der Waals surface area contributed by atoms with Gasteiger partial charge in [-0.15, -0.1) is 0 Å². The Hall–Kier alpha value is -0.610. The summed E-state index contributed by atoms with van der Waals surface area (Å²) in [6.07, 6.45) is 2.48. The Kier molecular flexibility index (Phi) is 3.89. The van der Waals surface area contributed by atoms with Crippen molar-refractivity contribution >= 4 is 5.91 Å². The molecule has 1 fully saturated rings. The Balaban J connectivity index is 2.55. The smallest absolute Gasteiger partial charge is 0.238 e. The van der Waals surface area contributed by atoms with Crippen LogP contribution in [0.4, 0.5) is 0 Å². The van der Waals surface area contributed by atoms with E-state index in [2.05, 4.69) is 24.2 Å². The Morgan fingerprint density at radius 1 is 1.57 bits per heavy atom. The van der Waals surface area contributed by atoms with Crippen LogP contribution in [-0.4, -0.2) is 29.4 Å². The predicted molar refractivity (Wildman–Crippen MR) is 56.4 cm³/mol. The van der Waals surface area contributed by atoms with Gasteiger partial charge in [0.1, 0.15) is 0 Å². The summed E-state index contributed by atoms with van der Waals surface area (Å²) in [6.45, 7) is 7.35. The lowest BCUT2D eigenvalue weighted by molar-refractivity contribution is -0.126. The molecule has 0 bridgehead atoms. The van der Waals surface area contributed by atoms with Crippen LogP contribution in [0.25, 0.3) is 0 Å². The molecule has 0 aromatic heterocycles. The van der Waals surface area contributed by atoms with E-state index in [0.717, 1.165) is 6.54 Å². The average molecular weight is 199 g/mol. The van der Waals surface area contributed by atoms with E-state index >= 15 is 0 Å². The number of hydrazine groups is 1. The van der Waals surface area contributed by atoms with Crippen molar-refractivity contribution in [2.75, 3.05) is 6.54 Å². The number of amides is 1. The van der Waals surface area contributed by atoms with Gasteiger partial charge in [-0.1, -0.05) is 6.92 Å². The Labute approximate surface area is 85.8 Å². The van der Waals surface area contributed by atoms with Gasteiger partial charge in [0.05, 0.1) is 5.92 Å². The summed E-state index contributed by atoms with van der Waals surface area (Å²) in [5, 5.41) is 0. The van der Waals surface area contributed by atoms with E-state index in [4.69, 9.17) is 5.84 Å². The topological polar surface area (TPSA) is 58.4 Å². The van der Waals surface area contributed by atoms with Crippen molar-refractivity contribution in [1.82, 2.24) is 10.3 Å². The molecule has 1 rings (SSSR count). The quantitative estimate of drug-likeness (QED) is 0.395. The number of carbonyl (C=O) groups is 1. The molecule has 3 N–H and O–H groups in total. The minimum absolute atomic E-state index is 0.0412. The zero-order valence-corrected chi connectivity index (χ0v) is 9.29. The van der Waals surface area contributed by atoms with Crippen LogP contribution in [-0.2, 0) is 4.79 Å². The molecular formula is C10H21N3O. The van der Waals surface area contributed by atoms with Crippen LogP contribution in [0.15, 0.2) is 0 Å². The highest BCUT2D eigenvalue weighted by Gasteiger charge is 2.30. The van der Waals surface area contributed by atoms with Gasteiger partial charge in [0.25, 0.3) is 0 Å². The molecule has 1 amide bonds. The van der Waals surface area contributed by atoms with Crippen molar-refractivity contribution < 1.29 is 4.79 Å². The number of likely N-dealkylation sites (tertiary alicyclic amines) is 1. The summed E-state index contributed by atoms with van der Waals surface area (Å²) in [5.41, 5.74) is 2.22. The first-order valence-electron chi connectivity index (χ1n) is 5.34. The lowest BCUT2D eigenvalue weighted by Gasteiger charge is -2.31. The van der Waals surface area contributed by atoms with E-state index < -0.39 is 0 Å². The number of carbonyl (C=O) groups excluding carboxylic acids is 1. The molecule has 0 aliphatic carbocycles. The molecule has 1 aliphatic heterocycles. The van der Waals surface area contributed by atoms with Gasteiger partial charge in [0, 0.05) is 12.1 Å². The molecule has 4 nitrogen and oxygen atoms in total. The van der Waals surface area contributed by atoms with Crippen molar-refractivity contribution in [2.24, 2.45) is 11.8 Å². The third-order valence-corrected chi connectivity index (χ3v) is 3.41. The fourth-order valence-electron chi connectivity index (χ4n) is 2.20. The molecule has 3 atom stereocenters. The highest BCUT2D eigenvalue weighted by Crippen LogP contribution is 2.23. The molecule has 0 spiro atoms. The Bertz CT molecular complexity index is 208. The lowest BCUT2D eigenvalue weighted by Crippen LogP contribution is -2.47. The lowest BCUT2D eigenvalue weighted by atomic mass is 10.0. The van der Waals surface area contributed by atoms with Gasteiger partial charge in [-0.25, -0.2) is 5.84 Å². The summed E-state index contributed by atoms with van der Waals surface area (Å²) < 4.78 is 0. The summed E-state index contributed by atoms with van der Waals surface area (Å²) in [6, 6.07) is 0.870. The highest BCUT2D eigenvalue weighted by atomic mass is 16.2. The Morgan fingerprint density at radius 3 is 2.64 bits per heavy atom. The maximum atomic E-state index is 11.4. The fourth-order valence-corrected chi connectivity index (χ4v) is 2.20. The molecule has 14 heavy (non-hydrogen) atoms. The van der Waals surface area contributed by atoms with Crippen LogP contribution in [0.1, 0.15) is 33.6 Å². The van der Waals surface area contributed by atoms with Gasteiger partial charge in [-0.3, -0.25) is 15.1 Å². The third kappa shape index (κ3) is 2.25. The van der Waals surface area contributed by atoms with Gasteiger partial charge in [0.15, 0.2) is 0 Å². The summed E-state index contributed by atoms with van der Waals surface area (Å²) in [7, 11) is 0. The molecule has 4 heteroatoms. The number of rotatable bonds is 3. The molecule has 0 aromatic carbocycles. The number of nitrogens with two attached hydrogens (primary N) is 1. The van der Waals surface area contributed by atoms with Crippen LogP contribution >= 0.6 is 0 Å². The monoisotopic (exact) mass is 199 g/mol. The van der Waals surface area contributed by atoms with Crippen LogP contribution in [0.3, 0.4) is 0 Å². The van der Waals surface area contributed by atoms with Crippen molar-refractivity contribution in [3.63, 3.8) is 0 Å². The van der Waals surface area contributed by atoms with Crippen LogP contribution in [0.2, 0.25) is 0 Å². The molecular weight excluding hydrogens is 178 g/mol. The van der Waals surface area contributed by atoms with Gasteiger partial charge < -0.3 is 0 Å². The molecule has 0 radical (unpaired) electrons. The summed E-state index contributed by atoms with van der Waals surface area (Å²) in [4.78, 5) is 13.7. The average Bonchev–Trinajstić information content (AvgIpc) is 2.61. The van der Waals surface area contributed by atoms with E-state index in [1.165, 1.54) is 12.8 Å². The van der Waals surface area contributed by atoms with E-state index in [0.29, 0.717) is 6.04 Å². The molecule has 82 valence electrons. The van der Waals surface area contributed by atoms with Gasteiger partial charge >= 0.3 is 0 Å². The van der Waals surface area contributed by atoms with E-state index in [9.17, 15) is 4.79 Å². The molecule has 3 unspecified atom stereocenters. The first kappa shape index (κ1) is 11.5. The van der Waals surface area contributed by atoms with Crippen molar-refractivity contribution in [1.29, 1.82) is 0 Å². The minimum Gasteiger partial charge on any atom is -0.297 e. The van der Waals surface area contributed by atoms with E-state index in [1.54, 1.807) is 0 Å². The van der Waals surface area contributed by atoms with Gasteiger partial charge in [-0.05, 0) is 33.2 Å². The van der Waals surface area contributed by atoms with Crippen LogP contribution in [0, 0.1) is 5.92 Å². The molecule has 0 aromatic rings. The standard InChI is InChI=1S/C10H21N3O/c1-7-5-4-6-13(7)9(3)8(2)10(14)12-11/h7-9H,4-6,11H2,1-3H3,(H,12,14). The molecule has 0 saturated carbocycles. The maximum absolute atomic E-state index is 11.4. The number of hydrogen-bond donors (Lipinski definition) is 2. The fraction of sp³-hybridized carbons (Fsp3) is 0.900. The predicted octanol–water partition coefficient (Wildman–Crippen LogP) is 0.485. The Morgan fingerprint density at radius 2 is 2.21 bits per heavy atom. The zero-order valence-electron chi connectivity index (χ0n) is 9.29. The van der Waals surface area contributed by atoms with Crippen LogP contribution in [0.5, 0.6) is 0 Å². The highest BCUT2D eigenvalue weighted by molar-refractivity contribution is 5.78. The van der Waals surface area contributed by atoms with Gasteiger partial charge in [-0.2, -0.15) is 0 Å². The largest absolute Gasteiger partial charge is 0.297 e. The maximum Gasteiger partial charge on any atom is 0.238 e. The first-order valence-corrected chi connectivity index (χ1v) is 5.34. The van der Waals surface area contributed by atoms with Gasteiger partial charge in [0.2, 0.25) is 5.91 Å². The minimum atomic E-state index is -0.0726. The SMILES string of the molecule is CC(C(=O)NN)C(C)N1CCCC1C. The second kappa shape index (κ2) is 4.75. The van der Waals surface area contributed by atoms with Crippen molar-refractivity contribution in [3.05, 3.63) is 0 Å². The van der Waals surface area contributed by atoms with E-state index in [-0.39, 0.29) is 17.9 Å². The molecule has 1 heterocycles. The summed E-state index contributed by atoms with van der Waals surface area (Å²) in [5.74, 6) is 5.01. The summed E-state index contributed by atoms with van der Waals surface area (Å²) >= 11 is 0. The number of nitrogens with one attached hydrogen (secondary N) is 1. The number of hydrogen-bond acceptors (Lipinski definition) is 3. The normalized spacial score (nSPS) is 27.3. The van der Waals surface area contributed by atoms with Crippen LogP contribution < -0.4 is 11.3 Å². The molecule has 1 saturated heterocycles. The van der Waals surface area contributed by atoms with Crippen molar-refractivity contribution in [2.45, 2.75) is 45.7 Å². The van der Waals surface area contributed by atoms with Crippen molar-refractivity contribution in [3.8, 4) is 0 Å². The second-order valence-electron chi connectivity index (χ2n) is 4.27. The zero-order chi connectivity index (χ0) is 10.7. The number of nitrogens with zero attached hydrogens (tertiary/aromatic N) is 1.